The van der Waals surface area contributed by atoms with E-state index < -0.39 is 17.0 Å². The fourth-order valence-electron chi connectivity index (χ4n) is 1.12. The van der Waals surface area contributed by atoms with Crippen molar-refractivity contribution in [1.82, 2.24) is 0 Å². The zero-order valence-corrected chi connectivity index (χ0v) is 10.7. The Bertz CT molecular complexity index is 402. The van der Waals surface area contributed by atoms with E-state index in [-0.39, 0.29) is 7.48 Å². The molecular weight excluding hydrogens is 220 g/mol. The number of hydrogen-bond acceptors (Lipinski definition) is 3. The molecular formula is C12H19BFNO2. The van der Waals surface area contributed by atoms with Gasteiger partial charge in [-0.3, -0.25) is 0 Å². The average molecular weight is 239 g/mol. The first-order chi connectivity index (χ1) is 7.63. The lowest BCUT2D eigenvalue weighted by molar-refractivity contribution is -0.0893. The number of anilines is 1. The molecule has 1 rings (SSSR count). The maximum absolute atomic E-state index is 13.5. The van der Waals surface area contributed by atoms with Gasteiger partial charge >= 0.3 is 7.48 Å². The molecule has 0 fully saturated rings. The van der Waals surface area contributed by atoms with E-state index >= 15 is 0 Å². The van der Waals surface area contributed by atoms with Crippen LogP contribution in [0.2, 0.25) is 0 Å². The van der Waals surface area contributed by atoms with E-state index in [1.54, 1.807) is 39.8 Å². The number of halogens is 1. The Kier molecular flexibility index (Phi) is 3.84. The van der Waals surface area contributed by atoms with Gasteiger partial charge in [-0.1, -0.05) is 6.07 Å². The van der Waals surface area contributed by atoms with Crippen molar-refractivity contribution in [3.05, 3.63) is 24.0 Å². The second-order valence-electron chi connectivity index (χ2n) is 5.21. The van der Waals surface area contributed by atoms with Crippen LogP contribution < -0.4 is 11.2 Å². The molecule has 0 bridgehead atoms. The van der Waals surface area contributed by atoms with Crippen LogP contribution in [-0.4, -0.2) is 23.8 Å². The monoisotopic (exact) mass is 239 g/mol. The molecule has 0 aliphatic rings. The summed E-state index contributed by atoms with van der Waals surface area (Å²) in [5.74, 6) is -0.392. The van der Waals surface area contributed by atoms with E-state index in [9.17, 15) is 9.50 Å². The molecule has 3 nitrogen and oxygen atoms in total. The highest BCUT2D eigenvalue weighted by Crippen LogP contribution is 2.24. The van der Waals surface area contributed by atoms with Crippen LogP contribution in [-0.2, 0) is 4.65 Å². The van der Waals surface area contributed by atoms with E-state index in [0.717, 1.165) is 0 Å². The normalized spacial score (nSPS) is 12.6. The highest BCUT2D eigenvalue weighted by atomic mass is 19.1. The van der Waals surface area contributed by atoms with Gasteiger partial charge in [0.2, 0.25) is 0 Å². The van der Waals surface area contributed by atoms with Gasteiger partial charge in [0.05, 0.1) is 11.2 Å². The molecule has 0 amide bonds. The molecule has 0 aromatic heterocycles. The predicted molar refractivity (Wildman–Crippen MR) is 69.1 cm³/mol. The molecule has 0 atom stereocenters. The SMILES string of the molecule is CC(C)(O)C(C)(C)OBc1ccc(N)cc1F. The van der Waals surface area contributed by atoms with Gasteiger partial charge < -0.3 is 15.5 Å². The number of aliphatic hydroxyl groups is 1. The molecule has 1 aromatic carbocycles. The van der Waals surface area contributed by atoms with Crippen LogP contribution in [0, 0.1) is 5.82 Å². The number of nitrogens with two attached hydrogens (primary N) is 1. The van der Waals surface area contributed by atoms with Crippen LogP contribution in [0.1, 0.15) is 27.7 Å². The van der Waals surface area contributed by atoms with Crippen LogP contribution in [0.15, 0.2) is 18.2 Å². The summed E-state index contributed by atoms with van der Waals surface area (Å²) < 4.78 is 19.1. The van der Waals surface area contributed by atoms with Crippen LogP contribution in [0.4, 0.5) is 10.1 Å². The maximum atomic E-state index is 13.5. The third kappa shape index (κ3) is 3.44. The molecule has 0 saturated carbocycles. The average Bonchev–Trinajstić information content (AvgIpc) is 2.14. The molecule has 1 aromatic rings. The lowest BCUT2D eigenvalue weighted by Gasteiger charge is -2.37. The van der Waals surface area contributed by atoms with E-state index in [0.29, 0.717) is 11.2 Å². The van der Waals surface area contributed by atoms with Gasteiger partial charge in [0.1, 0.15) is 5.82 Å². The largest absolute Gasteiger partial charge is 0.427 e. The van der Waals surface area contributed by atoms with Gasteiger partial charge in [0.25, 0.3) is 0 Å². The quantitative estimate of drug-likeness (QED) is 0.607. The Labute approximate surface area is 102 Å². The van der Waals surface area contributed by atoms with Crippen LogP contribution in [0.25, 0.3) is 0 Å². The Hall–Kier alpha value is -1.07. The van der Waals surface area contributed by atoms with Gasteiger partial charge in [-0.25, -0.2) is 4.39 Å². The highest BCUT2D eigenvalue weighted by Gasteiger charge is 2.35. The smallest absolute Gasteiger partial charge is 0.312 e. The molecule has 3 N–H and O–H groups in total. The molecule has 0 aliphatic carbocycles. The van der Waals surface area contributed by atoms with E-state index in [1.165, 1.54) is 6.07 Å². The van der Waals surface area contributed by atoms with Crippen molar-refractivity contribution in [3.63, 3.8) is 0 Å². The summed E-state index contributed by atoms with van der Waals surface area (Å²) in [5.41, 5.74) is 4.50. The molecule has 0 radical (unpaired) electrons. The molecule has 0 unspecified atom stereocenters. The molecule has 17 heavy (non-hydrogen) atoms. The van der Waals surface area contributed by atoms with Crippen molar-refractivity contribution in [3.8, 4) is 0 Å². The van der Waals surface area contributed by atoms with E-state index in [1.807, 2.05) is 0 Å². The minimum absolute atomic E-state index is 0.100. The Morgan fingerprint density at radius 3 is 2.35 bits per heavy atom. The first-order valence-electron chi connectivity index (χ1n) is 5.54. The van der Waals surface area contributed by atoms with Gasteiger partial charge in [0, 0.05) is 5.69 Å². The topological polar surface area (TPSA) is 55.5 Å². The van der Waals surface area contributed by atoms with Crippen LogP contribution >= 0.6 is 0 Å². The molecule has 0 saturated heterocycles. The predicted octanol–water partition coefficient (Wildman–Crippen LogP) is 0.951. The van der Waals surface area contributed by atoms with Crippen molar-refractivity contribution >= 4 is 18.6 Å². The maximum Gasteiger partial charge on any atom is 0.312 e. The fraction of sp³-hybridized carbons (Fsp3) is 0.500. The minimum Gasteiger partial charge on any atom is -0.427 e. The fourth-order valence-corrected chi connectivity index (χ4v) is 1.12. The van der Waals surface area contributed by atoms with Crippen molar-refractivity contribution in [2.24, 2.45) is 0 Å². The number of benzene rings is 1. The summed E-state index contributed by atoms with van der Waals surface area (Å²) in [6, 6.07) is 4.47. The number of rotatable bonds is 4. The molecule has 0 heterocycles. The summed E-state index contributed by atoms with van der Waals surface area (Å²) in [7, 11) is 0.100. The Morgan fingerprint density at radius 1 is 1.29 bits per heavy atom. The van der Waals surface area contributed by atoms with Crippen molar-refractivity contribution < 1.29 is 14.2 Å². The first kappa shape index (κ1) is 14.0. The van der Waals surface area contributed by atoms with E-state index in [4.69, 9.17) is 10.4 Å². The van der Waals surface area contributed by atoms with Crippen LogP contribution in [0.3, 0.4) is 0 Å². The zero-order chi connectivity index (χ0) is 13.3. The summed E-state index contributed by atoms with van der Waals surface area (Å²) in [5, 5.41) is 9.90. The molecule has 0 spiro atoms. The summed E-state index contributed by atoms with van der Waals surface area (Å²) in [6.45, 7) is 6.85. The van der Waals surface area contributed by atoms with Gasteiger partial charge in [-0.05, 0) is 45.3 Å². The van der Waals surface area contributed by atoms with Gasteiger partial charge in [-0.15, -0.1) is 0 Å². The second-order valence-corrected chi connectivity index (χ2v) is 5.21. The van der Waals surface area contributed by atoms with Crippen molar-refractivity contribution in [1.29, 1.82) is 0 Å². The lowest BCUT2D eigenvalue weighted by atomic mass is 9.82. The highest BCUT2D eigenvalue weighted by molar-refractivity contribution is 6.47. The Balaban J connectivity index is 2.74. The number of nitrogen functional groups attached to an aromatic ring is 1. The van der Waals surface area contributed by atoms with Gasteiger partial charge in [-0.2, -0.15) is 0 Å². The zero-order valence-electron chi connectivity index (χ0n) is 10.7. The summed E-state index contributed by atoms with van der Waals surface area (Å²) >= 11 is 0. The minimum atomic E-state index is -1.00. The molecule has 94 valence electrons. The van der Waals surface area contributed by atoms with Crippen molar-refractivity contribution in [2.75, 3.05) is 5.73 Å². The standard InChI is InChI=1S/C12H19BFNO2/c1-11(2,16)12(3,4)17-13-9-6-5-8(15)7-10(9)14/h5-7,13,16H,15H2,1-4H3. The van der Waals surface area contributed by atoms with E-state index in [2.05, 4.69) is 0 Å². The van der Waals surface area contributed by atoms with Crippen molar-refractivity contribution in [2.45, 2.75) is 38.9 Å². The third-order valence-electron chi connectivity index (χ3n) is 3.14. The summed E-state index contributed by atoms with van der Waals surface area (Å²) in [4.78, 5) is 0. The third-order valence-corrected chi connectivity index (χ3v) is 3.14. The Morgan fingerprint density at radius 2 is 1.88 bits per heavy atom. The first-order valence-corrected chi connectivity index (χ1v) is 5.54. The molecule has 0 aliphatic heterocycles. The second kappa shape index (κ2) is 4.66. The summed E-state index contributed by atoms with van der Waals surface area (Å²) in [6.07, 6.45) is 0. The number of hydrogen-bond donors (Lipinski definition) is 2. The lowest BCUT2D eigenvalue weighted by Crippen LogP contribution is -2.49. The van der Waals surface area contributed by atoms with Gasteiger partial charge in [0.15, 0.2) is 0 Å². The van der Waals surface area contributed by atoms with Crippen LogP contribution in [0.5, 0.6) is 0 Å². The molecule has 5 heteroatoms.